The molecule has 1 rings (SSSR count). The Kier molecular flexibility index (Phi) is 7.60. The van der Waals surface area contributed by atoms with Crippen molar-refractivity contribution in [1.29, 1.82) is 0 Å². The average molecular weight is 305 g/mol. The zero-order valence-electron chi connectivity index (χ0n) is 14.5. The lowest BCUT2D eigenvalue weighted by atomic mass is 10.0. The lowest BCUT2D eigenvalue weighted by Gasteiger charge is -2.37. The SMILES string of the molecule is C=C(CCCC)CC(CC)P(c1ccccn1)C(C)(C)C. The summed E-state index contributed by atoms with van der Waals surface area (Å²) in [5.41, 5.74) is 3.42. The first-order valence-electron chi connectivity index (χ1n) is 8.27. The second-order valence-corrected chi connectivity index (χ2v) is 10.1. The van der Waals surface area contributed by atoms with E-state index in [2.05, 4.69) is 58.3 Å². The maximum absolute atomic E-state index is 4.68. The first-order valence-corrected chi connectivity index (χ1v) is 9.68. The van der Waals surface area contributed by atoms with Gasteiger partial charge in [-0.05, 0) is 56.6 Å². The summed E-state index contributed by atoms with van der Waals surface area (Å²) in [6.07, 6.45) is 8.02. The fourth-order valence-corrected chi connectivity index (χ4v) is 6.26. The number of unbranched alkanes of at least 4 members (excludes halogenated alkanes) is 1. The summed E-state index contributed by atoms with van der Waals surface area (Å²) in [5, 5.41) is 0.287. The number of allylic oxidation sites excluding steroid dienone is 1. The van der Waals surface area contributed by atoms with Crippen molar-refractivity contribution in [3.8, 4) is 0 Å². The molecule has 0 saturated heterocycles. The molecule has 0 aliphatic heterocycles. The molecule has 21 heavy (non-hydrogen) atoms. The van der Waals surface area contributed by atoms with E-state index >= 15 is 0 Å². The van der Waals surface area contributed by atoms with Crippen LogP contribution in [0.2, 0.25) is 0 Å². The molecule has 0 aromatic carbocycles. The number of pyridine rings is 1. The van der Waals surface area contributed by atoms with Gasteiger partial charge in [-0.25, -0.2) is 0 Å². The van der Waals surface area contributed by atoms with Crippen molar-refractivity contribution in [3.05, 3.63) is 36.5 Å². The van der Waals surface area contributed by atoms with Crippen LogP contribution in [0.5, 0.6) is 0 Å². The van der Waals surface area contributed by atoms with Crippen LogP contribution in [0.4, 0.5) is 0 Å². The number of hydrogen-bond donors (Lipinski definition) is 0. The van der Waals surface area contributed by atoms with Crippen LogP contribution in [-0.2, 0) is 0 Å². The predicted molar refractivity (Wildman–Crippen MR) is 97.9 cm³/mol. The van der Waals surface area contributed by atoms with E-state index in [9.17, 15) is 0 Å². The third kappa shape index (κ3) is 5.91. The molecule has 0 saturated carbocycles. The van der Waals surface area contributed by atoms with E-state index in [0.717, 1.165) is 6.42 Å². The Labute approximate surface area is 133 Å². The molecule has 1 aromatic rings. The number of rotatable bonds is 8. The van der Waals surface area contributed by atoms with Crippen molar-refractivity contribution < 1.29 is 0 Å². The van der Waals surface area contributed by atoms with Crippen LogP contribution in [0.25, 0.3) is 0 Å². The van der Waals surface area contributed by atoms with Crippen LogP contribution in [0.1, 0.15) is 66.7 Å². The Hall–Kier alpha value is -0.680. The van der Waals surface area contributed by atoms with Gasteiger partial charge in [-0.15, -0.1) is 0 Å². The van der Waals surface area contributed by atoms with Gasteiger partial charge in [0.1, 0.15) is 0 Å². The van der Waals surface area contributed by atoms with Crippen molar-refractivity contribution in [2.75, 3.05) is 0 Å². The molecule has 1 aromatic heterocycles. The molecule has 0 aliphatic carbocycles. The number of hydrogen-bond acceptors (Lipinski definition) is 1. The fraction of sp³-hybridized carbons (Fsp3) is 0.632. The highest BCUT2D eigenvalue weighted by molar-refractivity contribution is 7.67. The summed E-state index contributed by atoms with van der Waals surface area (Å²) in [5.74, 6) is 0. The third-order valence-electron chi connectivity index (χ3n) is 3.86. The van der Waals surface area contributed by atoms with Crippen LogP contribution in [0.3, 0.4) is 0 Å². The summed E-state index contributed by atoms with van der Waals surface area (Å²) >= 11 is 0. The monoisotopic (exact) mass is 305 g/mol. The molecule has 1 nitrogen and oxygen atoms in total. The van der Waals surface area contributed by atoms with Gasteiger partial charge in [-0.2, -0.15) is 0 Å². The molecule has 0 N–H and O–H groups in total. The van der Waals surface area contributed by atoms with Crippen molar-refractivity contribution >= 4 is 13.4 Å². The Morgan fingerprint density at radius 3 is 2.48 bits per heavy atom. The largest absolute Gasteiger partial charge is 0.257 e. The van der Waals surface area contributed by atoms with Gasteiger partial charge in [0.2, 0.25) is 0 Å². The molecule has 2 atom stereocenters. The summed E-state index contributed by atoms with van der Waals surface area (Å²) < 4.78 is 0. The predicted octanol–water partition coefficient (Wildman–Crippen LogP) is 5.90. The first kappa shape index (κ1) is 18.4. The topological polar surface area (TPSA) is 12.9 Å². The molecule has 2 unspecified atom stereocenters. The van der Waals surface area contributed by atoms with Gasteiger partial charge >= 0.3 is 0 Å². The summed E-state index contributed by atoms with van der Waals surface area (Å²) in [6.45, 7) is 16.0. The maximum atomic E-state index is 4.68. The third-order valence-corrected chi connectivity index (χ3v) is 7.35. The maximum Gasteiger partial charge on any atom is 0.0638 e. The van der Waals surface area contributed by atoms with Crippen LogP contribution in [0.15, 0.2) is 36.5 Å². The van der Waals surface area contributed by atoms with Crippen molar-refractivity contribution in [1.82, 2.24) is 4.98 Å². The molecule has 0 amide bonds. The highest BCUT2D eigenvalue weighted by Gasteiger charge is 2.33. The number of nitrogens with zero attached hydrogens (tertiary/aromatic N) is 1. The molecule has 0 fully saturated rings. The summed E-state index contributed by atoms with van der Waals surface area (Å²) in [4.78, 5) is 4.68. The molecule has 0 aliphatic rings. The zero-order chi connectivity index (χ0) is 15.9. The van der Waals surface area contributed by atoms with Gasteiger partial charge in [0.15, 0.2) is 0 Å². The van der Waals surface area contributed by atoms with Gasteiger partial charge < -0.3 is 0 Å². The molecule has 0 spiro atoms. The van der Waals surface area contributed by atoms with E-state index in [1.54, 1.807) is 0 Å². The summed E-state index contributed by atoms with van der Waals surface area (Å²) in [6, 6.07) is 6.36. The van der Waals surface area contributed by atoms with E-state index in [-0.39, 0.29) is 13.1 Å². The summed E-state index contributed by atoms with van der Waals surface area (Å²) in [7, 11) is -0.280. The first-order chi connectivity index (χ1) is 9.90. The van der Waals surface area contributed by atoms with Crippen molar-refractivity contribution in [2.45, 2.75) is 77.5 Å². The van der Waals surface area contributed by atoms with Crippen LogP contribution >= 0.6 is 7.92 Å². The second-order valence-electron chi connectivity index (χ2n) is 6.85. The average Bonchev–Trinajstić information content (AvgIpc) is 2.44. The molecule has 0 radical (unpaired) electrons. The van der Waals surface area contributed by atoms with Gasteiger partial charge in [-0.1, -0.05) is 59.3 Å². The molecule has 1 heterocycles. The Morgan fingerprint density at radius 2 is 2.00 bits per heavy atom. The van der Waals surface area contributed by atoms with Crippen molar-refractivity contribution in [2.24, 2.45) is 0 Å². The quantitative estimate of drug-likeness (QED) is 0.430. The Morgan fingerprint density at radius 1 is 1.29 bits per heavy atom. The normalized spacial score (nSPS) is 14.7. The molecule has 118 valence electrons. The van der Waals surface area contributed by atoms with E-state index in [1.165, 1.54) is 36.7 Å². The van der Waals surface area contributed by atoms with E-state index in [0.29, 0.717) is 5.66 Å². The lowest BCUT2D eigenvalue weighted by Crippen LogP contribution is -2.28. The zero-order valence-corrected chi connectivity index (χ0v) is 15.4. The lowest BCUT2D eigenvalue weighted by molar-refractivity contribution is 0.699. The molecule has 0 bridgehead atoms. The highest BCUT2D eigenvalue weighted by Crippen LogP contribution is 2.54. The molecular formula is C19H32NP. The standard InChI is InChI=1S/C19H32NP/c1-7-9-12-16(3)15-17(8-2)21(19(4,5)6)18-13-10-11-14-20-18/h10-11,13-14,17H,3,7-9,12,15H2,1-2,4-6H3. The minimum Gasteiger partial charge on any atom is -0.257 e. The van der Waals surface area contributed by atoms with Gasteiger partial charge in [0, 0.05) is 6.20 Å². The van der Waals surface area contributed by atoms with E-state index in [4.69, 9.17) is 0 Å². The molecule has 2 heteroatoms. The van der Waals surface area contributed by atoms with E-state index < -0.39 is 0 Å². The van der Waals surface area contributed by atoms with Gasteiger partial charge in [0.25, 0.3) is 0 Å². The Balaban J connectivity index is 2.93. The smallest absolute Gasteiger partial charge is 0.0638 e. The van der Waals surface area contributed by atoms with E-state index in [1.807, 2.05) is 12.3 Å². The van der Waals surface area contributed by atoms with Crippen LogP contribution in [-0.4, -0.2) is 15.8 Å². The van der Waals surface area contributed by atoms with Gasteiger partial charge in [0.05, 0.1) is 5.44 Å². The van der Waals surface area contributed by atoms with Crippen molar-refractivity contribution in [3.63, 3.8) is 0 Å². The minimum atomic E-state index is -0.280. The minimum absolute atomic E-state index is 0.280. The van der Waals surface area contributed by atoms with Gasteiger partial charge in [-0.3, -0.25) is 4.98 Å². The molecular weight excluding hydrogens is 273 g/mol. The second kappa shape index (κ2) is 8.69. The Bertz CT molecular complexity index is 419. The number of aromatic nitrogens is 1. The highest BCUT2D eigenvalue weighted by atomic mass is 31.1. The fourth-order valence-electron chi connectivity index (χ4n) is 2.85. The van der Waals surface area contributed by atoms with Crippen LogP contribution in [0, 0.1) is 0 Å². The van der Waals surface area contributed by atoms with Crippen LogP contribution < -0.4 is 5.44 Å².